The predicted octanol–water partition coefficient (Wildman–Crippen LogP) is 1.26. The van der Waals surface area contributed by atoms with Crippen LogP contribution in [0.4, 0.5) is 0 Å². The van der Waals surface area contributed by atoms with Crippen LogP contribution in [0.15, 0.2) is 16.4 Å². The standard InChI is InChI=1S/C17H21N5O3S/c1-9(2)14-20-21(7-13(23)19-10-5-17(3,25)6-10)16(24)11-4-12-15(22(11)14)18-8-26-12/h4,8-10,25H,5-7H2,1-3H3,(H,19,23)/t10-,17+. The van der Waals surface area contributed by atoms with E-state index in [1.807, 2.05) is 13.8 Å². The van der Waals surface area contributed by atoms with E-state index in [2.05, 4.69) is 15.4 Å². The molecule has 3 heterocycles. The molecular formula is C17H21N5O3S. The maximum absolute atomic E-state index is 12.8. The van der Waals surface area contributed by atoms with Crippen LogP contribution in [0.1, 0.15) is 45.4 Å². The van der Waals surface area contributed by atoms with E-state index in [0.29, 0.717) is 24.2 Å². The molecule has 26 heavy (non-hydrogen) atoms. The zero-order chi connectivity index (χ0) is 18.6. The third-order valence-corrected chi connectivity index (χ3v) is 5.51. The first-order valence-electron chi connectivity index (χ1n) is 8.62. The van der Waals surface area contributed by atoms with Gasteiger partial charge in [-0.15, -0.1) is 11.3 Å². The lowest BCUT2D eigenvalue weighted by Crippen LogP contribution is -2.54. The highest BCUT2D eigenvalue weighted by Gasteiger charge is 2.39. The van der Waals surface area contributed by atoms with Crippen molar-refractivity contribution in [2.24, 2.45) is 0 Å². The Kier molecular flexibility index (Phi) is 3.89. The van der Waals surface area contributed by atoms with Gasteiger partial charge in [-0.05, 0) is 25.8 Å². The van der Waals surface area contributed by atoms with E-state index in [9.17, 15) is 14.7 Å². The average Bonchev–Trinajstić information content (AvgIpc) is 3.09. The number of carbonyl (C=O) groups excluding carboxylic acids is 1. The molecule has 0 aromatic carbocycles. The summed E-state index contributed by atoms with van der Waals surface area (Å²) >= 11 is 1.47. The van der Waals surface area contributed by atoms with Crippen molar-refractivity contribution in [2.45, 2.75) is 57.7 Å². The largest absolute Gasteiger partial charge is 0.390 e. The monoisotopic (exact) mass is 375 g/mol. The first-order chi connectivity index (χ1) is 12.2. The molecule has 0 radical (unpaired) electrons. The third kappa shape index (κ3) is 2.80. The van der Waals surface area contributed by atoms with Gasteiger partial charge in [-0.2, -0.15) is 5.10 Å². The van der Waals surface area contributed by atoms with Gasteiger partial charge in [0.1, 0.15) is 17.9 Å². The number of hydrogen-bond acceptors (Lipinski definition) is 6. The molecular weight excluding hydrogens is 354 g/mol. The molecule has 1 aliphatic carbocycles. The predicted molar refractivity (Wildman–Crippen MR) is 98.5 cm³/mol. The number of amides is 1. The Morgan fingerprint density at radius 2 is 2.23 bits per heavy atom. The molecule has 0 aliphatic heterocycles. The molecule has 0 spiro atoms. The summed E-state index contributed by atoms with van der Waals surface area (Å²) in [6.45, 7) is 5.59. The minimum absolute atomic E-state index is 0.0515. The normalized spacial score (nSPS) is 22.9. The van der Waals surface area contributed by atoms with Crippen molar-refractivity contribution >= 4 is 33.1 Å². The number of nitrogens with one attached hydrogen (secondary N) is 1. The Morgan fingerprint density at radius 3 is 2.88 bits per heavy atom. The highest BCUT2D eigenvalue weighted by Crippen LogP contribution is 2.31. The van der Waals surface area contributed by atoms with Crippen LogP contribution in [-0.2, 0) is 11.3 Å². The molecule has 1 aliphatic rings. The second-order valence-corrected chi connectivity index (χ2v) is 8.44. The quantitative estimate of drug-likeness (QED) is 0.715. The Bertz CT molecular complexity index is 1050. The molecule has 0 bridgehead atoms. The summed E-state index contributed by atoms with van der Waals surface area (Å²) in [4.78, 5) is 29.5. The van der Waals surface area contributed by atoms with Crippen molar-refractivity contribution < 1.29 is 9.90 Å². The highest BCUT2D eigenvalue weighted by atomic mass is 32.1. The number of aliphatic hydroxyl groups is 1. The van der Waals surface area contributed by atoms with Crippen molar-refractivity contribution in [1.29, 1.82) is 0 Å². The summed E-state index contributed by atoms with van der Waals surface area (Å²) in [5.74, 6) is 0.483. The Hall–Kier alpha value is -2.26. The van der Waals surface area contributed by atoms with Gasteiger partial charge in [0.05, 0.1) is 15.8 Å². The molecule has 1 amide bonds. The molecule has 3 aromatic heterocycles. The fourth-order valence-electron chi connectivity index (χ4n) is 3.55. The number of rotatable bonds is 4. The topological polar surface area (TPSA) is 102 Å². The molecule has 2 N–H and O–H groups in total. The summed E-state index contributed by atoms with van der Waals surface area (Å²) in [5.41, 5.74) is 1.94. The lowest BCUT2D eigenvalue weighted by Gasteiger charge is -2.41. The molecule has 0 atom stereocenters. The number of nitrogens with zero attached hydrogens (tertiary/aromatic N) is 4. The second kappa shape index (κ2) is 5.88. The molecule has 0 unspecified atom stereocenters. The summed E-state index contributed by atoms with van der Waals surface area (Å²) < 4.78 is 3.93. The van der Waals surface area contributed by atoms with Crippen LogP contribution in [0.25, 0.3) is 15.9 Å². The smallest absolute Gasteiger partial charge is 0.291 e. The van der Waals surface area contributed by atoms with Gasteiger partial charge < -0.3 is 10.4 Å². The maximum Gasteiger partial charge on any atom is 0.291 e. The Balaban J connectivity index is 1.68. The first-order valence-corrected chi connectivity index (χ1v) is 9.50. The summed E-state index contributed by atoms with van der Waals surface area (Å²) in [7, 11) is 0. The van der Waals surface area contributed by atoms with Crippen LogP contribution < -0.4 is 10.9 Å². The minimum Gasteiger partial charge on any atom is -0.390 e. The second-order valence-electron chi connectivity index (χ2n) is 7.55. The molecule has 138 valence electrons. The molecule has 1 saturated carbocycles. The van der Waals surface area contributed by atoms with Gasteiger partial charge >= 0.3 is 0 Å². The van der Waals surface area contributed by atoms with E-state index in [0.717, 1.165) is 10.3 Å². The molecule has 1 fully saturated rings. The van der Waals surface area contributed by atoms with Gasteiger partial charge in [0.15, 0.2) is 5.65 Å². The van der Waals surface area contributed by atoms with E-state index < -0.39 is 5.60 Å². The van der Waals surface area contributed by atoms with Crippen LogP contribution in [0, 0.1) is 0 Å². The fourth-order valence-corrected chi connectivity index (χ4v) is 4.24. The average molecular weight is 375 g/mol. The number of fused-ring (bicyclic) bond motifs is 3. The van der Waals surface area contributed by atoms with Crippen LogP contribution in [0.3, 0.4) is 0 Å². The van der Waals surface area contributed by atoms with Gasteiger partial charge in [0, 0.05) is 12.0 Å². The van der Waals surface area contributed by atoms with Gasteiger partial charge in [-0.25, -0.2) is 9.67 Å². The van der Waals surface area contributed by atoms with Gasteiger partial charge in [-0.3, -0.25) is 14.0 Å². The van der Waals surface area contributed by atoms with Gasteiger partial charge in [0.25, 0.3) is 5.56 Å². The number of aromatic nitrogens is 4. The van der Waals surface area contributed by atoms with Crippen LogP contribution in [0.2, 0.25) is 0 Å². The zero-order valence-corrected chi connectivity index (χ0v) is 15.7. The Morgan fingerprint density at radius 1 is 1.50 bits per heavy atom. The van der Waals surface area contributed by atoms with Crippen molar-refractivity contribution in [2.75, 3.05) is 0 Å². The van der Waals surface area contributed by atoms with Crippen molar-refractivity contribution in [3.63, 3.8) is 0 Å². The minimum atomic E-state index is -0.707. The van der Waals surface area contributed by atoms with Gasteiger partial charge in [0.2, 0.25) is 5.91 Å². The van der Waals surface area contributed by atoms with Crippen LogP contribution in [0.5, 0.6) is 0 Å². The maximum atomic E-state index is 12.8. The lowest BCUT2D eigenvalue weighted by atomic mass is 9.77. The summed E-state index contributed by atoms with van der Waals surface area (Å²) in [5, 5.41) is 17.1. The fraction of sp³-hybridized carbons (Fsp3) is 0.529. The first kappa shape index (κ1) is 17.2. The number of thiazole rings is 1. The zero-order valence-electron chi connectivity index (χ0n) is 14.9. The lowest BCUT2D eigenvalue weighted by molar-refractivity contribution is -0.125. The van der Waals surface area contributed by atoms with E-state index in [1.54, 1.807) is 22.9 Å². The highest BCUT2D eigenvalue weighted by molar-refractivity contribution is 7.16. The summed E-state index contributed by atoms with van der Waals surface area (Å²) in [6, 6.07) is 1.75. The summed E-state index contributed by atoms with van der Waals surface area (Å²) in [6.07, 6.45) is 1.05. The SMILES string of the molecule is CC(C)c1nn(CC(=O)N[C@H]2C[C@@](C)(O)C2)c(=O)c2cc3scnc3n12. The van der Waals surface area contributed by atoms with E-state index >= 15 is 0 Å². The van der Waals surface area contributed by atoms with Crippen LogP contribution in [-0.4, -0.2) is 41.8 Å². The number of hydrogen-bond donors (Lipinski definition) is 2. The van der Waals surface area contributed by atoms with Crippen molar-refractivity contribution in [1.82, 2.24) is 24.5 Å². The van der Waals surface area contributed by atoms with Crippen molar-refractivity contribution in [3.05, 3.63) is 27.8 Å². The number of carbonyl (C=O) groups is 1. The molecule has 4 rings (SSSR count). The Labute approximate surface area is 153 Å². The van der Waals surface area contributed by atoms with Crippen molar-refractivity contribution in [3.8, 4) is 0 Å². The molecule has 9 heteroatoms. The molecule has 8 nitrogen and oxygen atoms in total. The van der Waals surface area contributed by atoms with E-state index in [4.69, 9.17) is 0 Å². The van der Waals surface area contributed by atoms with E-state index in [-0.39, 0.29) is 30.0 Å². The molecule has 3 aromatic rings. The van der Waals surface area contributed by atoms with Crippen LogP contribution >= 0.6 is 11.3 Å². The molecule has 0 saturated heterocycles. The van der Waals surface area contributed by atoms with Gasteiger partial charge in [-0.1, -0.05) is 13.8 Å². The van der Waals surface area contributed by atoms with E-state index in [1.165, 1.54) is 16.0 Å². The third-order valence-electron chi connectivity index (χ3n) is 4.75.